The van der Waals surface area contributed by atoms with Crippen molar-refractivity contribution in [2.45, 2.75) is 6.54 Å². The minimum Gasteiger partial charge on any atom is -0.504 e. The molecule has 1 amide bonds. The molecular formula is C18H16N6O7. The first-order valence-electron chi connectivity index (χ1n) is 8.57. The number of methoxy groups -OCH3 is 1. The van der Waals surface area contributed by atoms with Crippen LogP contribution in [0.3, 0.4) is 0 Å². The number of hydrogen-bond donors (Lipinski definition) is 4. The molecule has 1 heterocycles. The minimum absolute atomic E-state index is 0.117. The van der Waals surface area contributed by atoms with Crippen LogP contribution in [-0.2, 0) is 6.54 Å². The van der Waals surface area contributed by atoms with Gasteiger partial charge in [0.25, 0.3) is 5.91 Å². The van der Waals surface area contributed by atoms with E-state index < -0.39 is 34.0 Å². The molecule has 0 aliphatic carbocycles. The first-order chi connectivity index (χ1) is 14.8. The summed E-state index contributed by atoms with van der Waals surface area (Å²) in [5.74, 6) is -2.78. The van der Waals surface area contributed by atoms with Crippen LogP contribution in [0.1, 0.15) is 21.5 Å². The van der Waals surface area contributed by atoms with E-state index in [0.29, 0.717) is 16.9 Å². The number of carbonyl (C=O) groups is 1. The molecule has 0 aliphatic rings. The van der Waals surface area contributed by atoms with E-state index in [-0.39, 0.29) is 12.1 Å². The predicted molar refractivity (Wildman–Crippen MR) is 105 cm³/mol. The number of hydrazone groups is 1. The van der Waals surface area contributed by atoms with Crippen LogP contribution >= 0.6 is 0 Å². The average Bonchev–Trinajstić information content (AvgIpc) is 3.20. The van der Waals surface area contributed by atoms with Crippen LogP contribution in [0.25, 0.3) is 0 Å². The molecule has 3 aromatic rings. The summed E-state index contributed by atoms with van der Waals surface area (Å²) in [5, 5.41) is 46.6. The van der Waals surface area contributed by atoms with Gasteiger partial charge in [-0.05, 0) is 40.8 Å². The maximum Gasteiger partial charge on any atom is 0.490 e. The number of nitrogens with one attached hydrogen (secondary N) is 1. The van der Waals surface area contributed by atoms with Gasteiger partial charge >= 0.3 is 5.95 Å². The van der Waals surface area contributed by atoms with Crippen molar-refractivity contribution in [3.8, 4) is 23.0 Å². The molecule has 1 aromatic heterocycles. The number of rotatable bonds is 7. The lowest BCUT2D eigenvalue weighted by Crippen LogP contribution is -2.17. The summed E-state index contributed by atoms with van der Waals surface area (Å²) in [6.45, 7) is 0.143. The zero-order chi connectivity index (χ0) is 22.5. The average molecular weight is 428 g/mol. The van der Waals surface area contributed by atoms with E-state index >= 15 is 0 Å². The number of phenols is 3. The van der Waals surface area contributed by atoms with Crippen molar-refractivity contribution >= 4 is 18.1 Å². The van der Waals surface area contributed by atoms with E-state index in [1.165, 1.54) is 24.3 Å². The van der Waals surface area contributed by atoms with Gasteiger partial charge in [-0.15, -0.1) is 0 Å². The van der Waals surface area contributed by atoms with E-state index in [1.54, 1.807) is 18.2 Å². The molecule has 0 saturated carbocycles. The van der Waals surface area contributed by atoms with Gasteiger partial charge in [0.2, 0.25) is 6.33 Å². The molecule has 0 bridgehead atoms. The van der Waals surface area contributed by atoms with Crippen LogP contribution in [0.4, 0.5) is 5.95 Å². The zero-order valence-corrected chi connectivity index (χ0v) is 16.0. The monoisotopic (exact) mass is 428 g/mol. The highest BCUT2D eigenvalue weighted by Crippen LogP contribution is 2.35. The number of amides is 1. The molecule has 4 N–H and O–H groups in total. The van der Waals surface area contributed by atoms with E-state index in [4.69, 9.17) is 4.74 Å². The summed E-state index contributed by atoms with van der Waals surface area (Å²) < 4.78 is 6.56. The van der Waals surface area contributed by atoms with Crippen molar-refractivity contribution in [1.29, 1.82) is 0 Å². The Kier molecular flexibility index (Phi) is 5.95. The first kappa shape index (κ1) is 21.0. The standard InChI is InChI=1S/C18H16N6O7/c1-31-15-3-2-10(4-12(15)8-23-9-19-18(22-23)24(29)30)7-20-21-17(28)11-5-13(25)16(27)14(26)6-11/h2-7,9,25-27H,8H2,1H3,(H,21,28)/b20-7+. The fraction of sp³-hybridized carbons (Fsp3) is 0.111. The number of aromatic nitrogens is 3. The second-order valence-corrected chi connectivity index (χ2v) is 6.13. The fourth-order valence-corrected chi connectivity index (χ4v) is 2.59. The second kappa shape index (κ2) is 8.77. The van der Waals surface area contributed by atoms with Gasteiger partial charge in [-0.1, -0.05) is 4.98 Å². The highest BCUT2D eigenvalue weighted by molar-refractivity contribution is 5.96. The summed E-state index contributed by atoms with van der Waals surface area (Å²) in [6, 6.07) is 6.95. The number of hydrogen-bond acceptors (Lipinski definition) is 10. The SMILES string of the molecule is COc1ccc(/C=N/NC(=O)c2cc(O)c(O)c(O)c2)cc1Cn1cnc([N+](=O)[O-])n1. The quantitative estimate of drug-likeness (QED) is 0.185. The molecule has 0 fully saturated rings. The second-order valence-electron chi connectivity index (χ2n) is 6.13. The molecule has 13 heteroatoms. The van der Waals surface area contributed by atoms with Gasteiger partial charge in [-0.3, -0.25) is 4.79 Å². The van der Waals surface area contributed by atoms with Gasteiger partial charge in [0, 0.05) is 16.2 Å². The first-order valence-corrected chi connectivity index (χ1v) is 8.57. The summed E-state index contributed by atoms with van der Waals surface area (Å²) in [5.41, 5.74) is 3.31. The summed E-state index contributed by atoms with van der Waals surface area (Å²) >= 11 is 0. The van der Waals surface area contributed by atoms with Crippen molar-refractivity contribution in [3.05, 3.63) is 63.5 Å². The Morgan fingerprint density at radius 3 is 2.61 bits per heavy atom. The maximum absolute atomic E-state index is 12.1. The molecule has 2 aromatic carbocycles. The normalized spacial score (nSPS) is 10.9. The molecule has 3 rings (SSSR count). The highest BCUT2D eigenvalue weighted by atomic mass is 16.6. The molecular weight excluding hydrogens is 412 g/mol. The molecule has 0 atom stereocenters. The van der Waals surface area contributed by atoms with Gasteiger partial charge in [-0.2, -0.15) is 9.78 Å². The number of carbonyl (C=O) groups excluding carboxylic acids is 1. The molecule has 13 nitrogen and oxygen atoms in total. The Hall–Kier alpha value is -4.68. The number of nitro groups is 1. The Morgan fingerprint density at radius 2 is 2.00 bits per heavy atom. The van der Waals surface area contributed by atoms with Crippen LogP contribution in [0, 0.1) is 10.1 Å². The van der Waals surface area contributed by atoms with Crippen LogP contribution in [0.5, 0.6) is 23.0 Å². The zero-order valence-electron chi connectivity index (χ0n) is 16.0. The number of ether oxygens (including phenoxy) is 1. The molecule has 0 spiro atoms. The lowest BCUT2D eigenvalue weighted by molar-refractivity contribution is -0.394. The number of benzene rings is 2. The number of aromatic hydroxyl groups is 3. The summed E-state index contributed by atoms with van der Waals surface area (Å²) in [7, 11) is 1.47. The topological polar surface area (TPSA) is 185 Å². The van der Waals surface area contributed by atoms with Crippen LogP contribution in [0.15, 0.2) is 41.8 Å². The number of phenolic OH excluding ortho intramolecular Hbond substituents is 3. The summed E-state index contributed by atoms with van der Waals surface area (Å²) in [6.07, 6.45) is 2.56. The van der Waals surface area contributed by atoms with Gasteiger partial charge in [-0.25, -0.2) is 5.43 Å². The van der Waals surface area contributed by atoms with Crippen molar-refractivity contribution in [2.24, 2.45) is 5.10 Å². The lowest BCUT2D eigenvalue weighted by atomic mass is 10.1. The largest absolute Gasteiger partial charge is 0.504 e. The molecule has 0 unspecified atom stereocenters. The third-order valence-electron chi connectivity index (χ3n) is 4.04. The van der Waals surface area contributed by atoms with Gasteiger partial charge in [0.05, 0.1) is 19.9 Å². The molecule has 0 saturated heterocycles. The Balaban J connectivity index is 1.74. The van der Waals surface area contributed by atoms with Crippen molar-refractivity contribution in [2.75, 3.05) is 7.11 Å². The fourth-order valence-electron chi connectivity index (χ4n) is 2.59. The van der Waals surface area contributed by atoms with E-state index in [1.807, 2.05) is 0 Å². The van der Waals surface area contributed by atoms with E-state index in [9.17, 15) is 30.2 Å². The van der Waals surface area contributed by atoms with Gasteiger partial charge in [0.15, 0.2) is 17.2 Å². The molecule has 0 radical (unpaired) electrons. The maximum atomic E-state index is 12.1. The van der Waals surface area contributed by atoms with Crippen molar-refractivity contribution in [1.82, 2.24) is 20.2 Å². The minimum atomic E-state index is -0.733. The van der Waals surface area contributed by atoms with E-state index in [0.717, 1.165) is 12.1 Å². The highest BCUT2D eigenvalue weighted by Gasteiger charge is 2.15. The van der Waals surface area contributed by atoms with Crippen LogP contribution in [0.2, 0.25) is 0 Å². The van der Waals surface area contributed by atoms with Crippen LogP contribution in [-0.4, -0.2) is 54.2 Å². The molecule has 160 valence electrons. The van der Waals surface area contributed by atoms with E-state index in [2.05, 4.69) is 20.6 Å². The third-order valence-corrected chi connectivity index (χ3v) is 4.04. The summed E-state index contributed by atoms with van der Waals surface area (Å²) in [4.78, 5) is 25.7. The molecule has 0 aliphatic heterocycles. The van der Waals surface area contributed by atoms with Crippen molar-refractivity contribution < 1.29 is 29.8 Å². The molecule has 31 heavy (non-hydrogen) atoms. The van der Waals surface area contributed by atoms with Gasteiger partial charge < -0.3 is 30.2 Å². The smallest absolute Gasteiger partial charge is 0.490 e. The Morgan fingerprint density at radius 1 is 1.29 bits per heavy atom. The van der Waals surface area contributed by atoms with Crippen LogP contribution < -0.4 is 10.2 Å². The lowest BCUT2D eigenvalue weighted by Gasteiger charge is -2.08. The van der Waals surface area contributed by atoms with Gasteiger partial charge in [0.1, 0.15) is 5.75 Å². The Bertz CT molecular complexity index is 1150. The number of nitrogens with zero attached hydrogens (tertiary/aromatic N) is 5. The predicted octanol–water partition coefficient (Wildman–Crippen LogP) is 1.12. The van der Waals surface area contributed by atoms with Crippen molar-refractivity contribution in [3.63, 3.8) is 0 Å². The third kappa shape index (κ3) is 4.84. The Labute approximate surface area is 174 Å².